The highest BCUT2D eigenvalue weighted by molar-refractivity contribution is 7.89. The molecule has 132 valence electrons. The number of sulfonamides is 1. The third-order valence-corrected chi connectivity index (χ3v) is 6.25. The molecule has 5 nitrogen and oxygen atoms in total. The summed E-state index contributed by atoms with van der Waals surface area (Å²) in [6, 6.07) is 14.5. The van der Waals surface area contributed by atoms with E-state index in [0.29, 0.717) is 18.5 Å². The van der Waals surface area contributed by atoms with Gasteiger partial charge in [0.2, 0.25) is 15.9 Å². The summed E-state index contributed by atoms with van der Waals surface area (Å²) in [6.45, 7) is 0.396. The van der Waals surface area contributed by atoms with Crippen molar-refractivity contribution in [1.82, 2.24) is 4.31 Å². The number of carbonyl (C=O) groups excluding carboxylic acids is 1. The average molecular weight is 362 g/mol. The van der Waals surface area contributed by atoms with E-state index in [1.165, 1.54) is 22.5 Å². The Balaban J connectivity index is 1.64. The van der Waals surface area contributed by atoms with Gasteiger partial charge in [-0.1, -0.05) is 30.3 Å². The van der Waals surface area contributed by atoms with Crippen LogP contribution < -0.4 is 5.32 Å². The van der Waals surface area contributed by atoms with Crippen LogP contribution in [0.5, 0.6) is 0 Å². The predicted molar refractivity (Wildman–Crippen MR) is 93.0 cm³/mol. The van der Waals surface area contributed by atoms with Crippen molar-refractivity contribution in [1.29, 1.82) is 0 Å². The van der Waals surface area contributed by atoms with Crippen molar-refractivity contribution in [2.45, 2.75) is 17.7 Å². The van der Waals surface area contributed by atoms with E-state index in [-0.39, 0.29) is 29.8 Å². The molecule has 1 amide bonds. The molecule has 2 aromatic carbocycles. The fraction of sp³-hybridized carbons (Fsp3) is 0.278. The molecule has 1 aliphatic rings. The Kier molecular flexibility index (Phi) is 5.15. The van der Waals surface area contributed by atoms with E-state index in [0.717, 1.165) is 6.07 Å². The number of amides is 1. The van der Waals surface area contributed by atoms with Crippen molar-refractivity contribution >= 4 is 21.6 Å². The van der Waals surface area contributed by atoms with Crippen molar-refractivity contribution < 1.29 is 17.6 Å². The molecular formula is C18H19FN2O3S. The van der Waals surface area contributed by atoms with Crippen molar-refractivity contribution in [3.05, 3.63) is 60.4 Å². The van der Waals surface area contributed by atoms with Crippen LogP contribution in [0.3, 0.4) is 0 Å². The number of piperidine rings is 1. The normalized spacial score (nSPS) is 16.5. The lowest BCUT2D eigenvalue weighted by Gasteiger charge is -2.30. The van der Waals surface area contributed by atoms with Gasteiger partial charge in [0.05, 0.1) is 0 Å². The summed E-state index contributed by atoms with van der Waals surface area (Å²) < 4.78 is 40.2. The first-order valence-corrected chi connectivity index (χ1v) is 9.53. The van der Waals surface area contributed by atoms with Gasteiger partial charge in [-0.3, -0.25) is 4.79 Å². The Morgan fingerprint density at radius 2 is 1.60 bits per heavy atom. The number of rotatable bonds is 4. The Labute approximate surface area is 146 Å². The lowest BCUT2D eigenvalue weighted by Crippen LogP contribution is -2.41. The van der Waals surface area contributed by atoms with Gasteiger partial charge >= 0.3 is 0 Å². The summed E-state index contributed by atoms with van der Waals surface area (Å²) in [5, 5.41) is 2.84. The maximum atomic E-state index is 13.8. The van der Waals surface area contributed by atoms with Crippen molar-refractivity contribution in [2.75, 3.05) is 18.4 Å². The third kappa shape index (κ3) is 3.88. The van der Waals surface area contributed by atoms with E-state index in [4.69, 9.17) is 0 Å². The Morgan fingerprint density at radius 1 is 1.00 bits per heavy atom. The fourth-order valence-electron chi connectivity index (χ4n) is 2.92. The van der Waals surface area contributed by atoms with Crippen molar-refractivity contribution in [3.63, 3.8) is 0 Å². The first-order chi connectivity index (χ1) is 12.0. The smallest absolute Gasteiger partial charge is 0.245 e. The molecule has 1 fully saturated rings. The second-order valence-corrected chi connectivity index (χ2v) is 7.87. The van der Waals surface area contributed by atoms with Crippen LogP contribution in [0.15, 0.2) is 59.5 Å². The maximum absolute atomic E-state index is 13.8. The van der Waals surface area contributed by atoms with Gasteiger partial charge in [0.1, 0.15) is 10.7 Å². The highest BCUT2D eigenvalue weighted by Gasteiger charge is 2.33. The minimum atomic E-state index is -3.87. The molecule has 0 atom stereocenters. The first kappa shape index (κ1) is 17.6. The van der Waals surface area contributed by atoms with Crippen LogP contribution in [-0.4, -0.2) is 31.7 Å². The van der Waals surface area contributed by atoms with Gasteiger partial charge in [-0.15, -0.1) is 0 Å². The van der Waals surface area contributed by atoms with E-state index in [2.05, 4.69) is 5.32 Å². The van der Waals surface area contributed by atoms with E-state index in [1.807, 2.05) is 18.2 Å². The zero-order valence-corrected chi connectivity index (χ0v) is 14.4. The zero-order chi connectivity index (χ0) is 17.9. The Hall–Kier alpha value is -2.25. The second kappa shape index (κ2) is 7.33. The Morgan fingerprint density at radius 3 is 2.24 bits per heavy atom. The van der Waals surface area contributed by atoms with Crippen LogP contribution in [0.25, 0.3) is 0 Å². The topological polar surface area (TPSA) is 66.5 Å². The van der Waals surface area contributed by atoms with Crippen LogP contribution >= 0.6 is 0 Å². The molecule has 0 spiro atoms. The molecule has 1 heterocycles. The van der Waals surface area contributed by atoms with Crippen molar-refractivity contribution in [2.24, 2.45) is 5.92 Å². The third-order valence-electron chi connectivity index (χ3n) is 4.32. The molecule has 1 aliphatic heterocycles. The molecule has 1 N–H and O–H groups in total. The molecule has 0 bridgehead atoms. The monoisotopic (exact) mass is 362 g/mol. The molecule has 7 heteroatoms. The number of nitrogens with one attached hydrogen (secondary N) is 1. The second-order valence-electron chi connectivity index (χ2n) is 5.96. The van der Waals surface area contributed by atoms with Gasteiger partial charge in [0.15, 0.2) is 0 Å². The van der Waals surface area contributed by atoms with E-state index < -0.39 is 15.8 Å². The number of anilines is 1. The van der Waals surface area contributed by atoms with Crippen LogP contribution in [0, 0.1) is 11.7 Å². The summed E-state index contributed by atoms with van der Waals surface area (Å²) in [4.78, 5) is 12.0. The van der Waals surface area contributed by atoms with Crippen LogP contribution in [0.1, 0.15) is 12.8 Å². The van der Waals surface area contributed by atoms with Gasteiger partial charge < -0.3 is 5.32 Å². The van der Waals surface area contributed by atoms with Gasteiger partial charge in [0, 0.05) is 24.7 Å². The number of carbonyl (C=O) groups is 1. The van der Waals surface area contributed by atoms with Gasteiger partial charge in [-0.05, 0) is 37.1 Å². The first-order valence-electron chi connectivity index (χ1n) is 8.09. The number of halogens is 1. The van der Waals surface area contributed by atoms with Crippen LogP contribution in [-0.2, 0) is 14.8 Å². The minimum absolute atomic E-state index is 0.117. The van der Waals surface area contributed by atoms with E-state index in [9.17, 15) is 17.6 Å². The molecule has 1 saturated heterocycles. The zero-order valence-electron chi connectivity index (χ0n) is 13.6. The molecule has 25 heavy (non-hydrogen) atoms. The summed E-state index contributed by atoms with van der Waals surface area (Å²) in [5.74, 6) is -1.13. The number of benzene rings is 2. The van der Waals surface area contributed by atoms with E-state index in [1.54, 1.807) is 12.1 Å². The molecule has 0 aromatic heterocycles. The summed E-state index contributed by atoms with van der Waals surface area (Å²) >= 11 is 0. The summed E-state index contributed by atoms with van der Waals surface area (Å²) in [6.07, 6.45) is 0.818. The molecule has 0 saturated carbocycles. The minimum Gasteiger partial charge on any atom is -0.326 e. The fourth-order valence-corrected chi connectivity index (χ4v) is 4.45. The largest absolute Gasteiger partial charge is 0.326 e. The molecule has 0 unspecified atom stereocenters. The molecule has 0 radical (unpaired) electrons. The van der Waals surface area contributed by atoms with Gasteiger partial charge in [-0.25, -0.2) is 12.8 Å². The van der Waals surface area contributed by atoms with Gasteiger partial charge in [0.25, 0.3) is 0 Å². The van der Waals surface area contributed by atoms with E-state index >= 15 is 0 Å². The number of nitrogens with zero attached hydrogens (tertiary/aromatic N) is 1. The summed E-state index contributed by atoms with van der Waals surface area (Å²) in [5.41, 5.74) is 0.717. The van der Waals surface area contributed by atoms with Gasteiger partial charge in [-0.2, -0.15) is 4.31 Å². The average Bonchev–Trinajstić information content (AvgIpc) is 2.63. The van der Waals surface area contributed by atoms with Crippen LogP contribution in [0.2, 0.25) is 0 Å². The molecular weight excluding hydrogens is 343 g/mol. The molecule has 3 rings (SSSR count). The number of hydrogen-bond donors (Lipinski definition) is 1. The van der Waals surface area contributed by atoms with Crippen molar-refractivity contribution in [3.8, 4) is 0 Å². The number of para-hydroxylation sites is 1. The number of hydrogen-bond acceptors (Lipinski definition) is 3. The molecule has 0 aliphatic carbocycles. The standard InChI is InChI=1S/C18H19FN2O3S/c19-16-8-4-5-9-17(16)25(23,24)21-12-10-14(11-13-21)18(22)20-15-6-2-1-3-7-15/h1-9,14H,10-13H2,(H,20,22). The maximum Gasteiger partial charge on any atom is 0.245 e. The molecule has 2 aromatic rings. The lowest BCUT2D eigenvalue weighted by atomic mass is 9.97. The quantitative estimate of drug-likeness (QED) is 0.909. The van der Waals surface area contributed by atoms with Crippen LogP contribution in [0.4, 0.5) is 10.1 Å². The predicted octanol–water partition coefficient (Wildman–Crippen LogP) is 2.87. The summed E-state index contributed by atoms with van der Waals surface area (Å²) in [7, 11) is -3.87. The lowest BCUT2D eigenvalue weighted by molar-refractivity contribution is -0.120. The highest BCUT2D eigenvalue weighted by atomic mass is 32.2. The highest BCUT2D eigenvalue weighted by Crippen LogP contribution is 2.26. The SMILES string of the molecule is O=C(Nc1ccccc1)C1CCN(S(=O)(=O)c2ccccc2F)CC1. The Bertz CT molecular complexity index is 848.